The van der Waals surface area contributed by atoms with E-state index in [4.69, 9.17) is 10.8 Å². The van der Waals surface area contributed by atoms with E-state index in [1.165, 1.54) is 0 Å². The normalized spacial score (nSPS) is 12.9. The molecule has 0 bridgehead atoms. The summed E-state index contributed by atoms with van der Waals surface area (Å²) in [6, 6.07) is 4.11. The Hall–Kier alpha value is -1.53. The fourth-order valence-corrected chi connectivity index (χ4v) is 1.77. The molecule has 72 valence electrons. The van der Waals surface area contributed by atoms with Crippen LogP contribution < -0.4 is 5.73 Å². The lowest BCUT2D eigenvalue weighted by atomic mass is 10.1. The van der Waals surface area contributed by atoms with E-state index in [-0.39, 0.29) is 0 Å². The lowest BCUT2D eigenvalue weighted by Gasteiger charge is -2.05. The van der Waals surface area contributed by atoms with Gasteiger partial charge in [-0.05, 0) is 6.07 Å². The molecule has 2 aromatic rings. The Morgan fingerprint density at radius 1 is 1.50 bits per heavy atom. The number of hydrogen-bond donors (Lipinski definition) is 2. The molecular weight excluding hydrogens is 202 g/mol. The van der Waals surface area contributed by atoms with Gasteiger partial charge >= 0.3 is 5.97 Å². The highest BCUT2D eigenvalue weighted by Gasteiger charge is 2.18. The van der Waals surface area contributed by atoms with E-state index in [1.807, 2.05) is 0 Å². The first kappa shape index (κ1) is 9.04. The smallest absolute Gasteiger partial charge is 0.325 e. The number of aliphatic carboxylic acids is 1. The second-order valence-corrected chi connectivity index (χ2v) is 3.32. The molecule has 0 saturated heterocycles. The minimum absolute atomic E-state index is 0.503. The fraction of sp³-hybridized carbons (Fsp3) is 0.125. The second-order valence-electron chi connectivity index (χ2n) is 2.80. The van der Waals surface area contributed by atoms with Crippen molar-refractivity contribution in [3.05, 3.63) is 23.8 Å². The first-order valence-corrected chi connectivity index (χ1v) is 4.63. The summed E-state index contributed by atoms with van der Waals surface area (Å²) in [4.78, 5) is 10.7. The van der Waals surface area contributed by atoms with Gasteiger partial charge in [-0.25, -0.2) is 0 Å². The van der Waals surface area contributed by atoms with Gasteiger partial charge in [0.15, 0.2) is 0 Å². The average Bonchev–Trinajstić information content (AvgIpc) is 2.63. The van der Waals surface area contributed by atoms with E-state index in [9.17, 15) is 4.79 Å². The number of nitrogens with zero attached hydrogens (tertiary/aromatic N) is 2. The lowest BCUT2D eigenvalue weighted by Crippen LogP contribution is -2.20. The Morgan fingerprint density at radius 2 is 2.29 bits per heavy atom. The predicted octanol–water partition coefficient (Wildman–Crippen LogP) is 0.776. The maximum atomic E-state index is 10.7. The van der Waals surface area contributed by atoms with Gasteiger partial charge in [0.05, 0.1) is 11.7 Å². The summed E-state index contributed by atoms with van der Waals surface area (Å²) >= 11 is 1.05. The van der Waals surface area contributed by atoms with Crippen molar-refractivity contribution in [1.29, 1.82) is 0 Å². The molecule has 1 aromatic heterocycles. The van der Waals surface area contributed by atoms with Crippen molar-refractivity contribution in [3.63, 3.8) is 0 Å². The minimum atomic E-state index is -1.06. The van der Waals surface area contributed by atoms with Crippen LogP contribution in [0.5, 0.6) is 0 Å². The van der Waals surface area contributed by atoms with Crippen molar-refractivity contribution in [1.82, 2.24) is 8.75 Å². The van der Waals surface area contributed by atoms with E-state index >= 15 is 0 Å². The topological polar surface area (TPSA) is 89.1 Å². The first-order valence-electron chi connectivity index (χ1n) is 3.89. The van der Waals surface area contributed by atoms with Gasteiger partial charge in [-0.3, -0.25) is 4.79 Å². The number of hydrogen-bond acceptors (Lipinski definition) is 5. The molecule has 0 spiro atoms. The molecule has 0 aliphatic heterocycles. The molecule has 5 nitrogen and oxygen atoms in total. The van der Waals surface area contributed by atoms with Crippen molar-refractivity contribution in [2.45, 2.75) is 6.04 Å². The Balaban J connectivity index is 2.61. The van der Waals surface area contributed by atoms with Crippen LogP contribution in [-0.2, 0) is 4.79 Å². The van der Waals surface area contributed by atoms with E-state index in [0.717, 1.165) is 11.7 Å². The van der Waals surface area contributed by atoms with Crippen molar-refractivity contribution in [2.24, 2.45) is 5.73 Å². The largest absolute Gasteiger partial charge is 0.480 e. The zero-order chi connectivity index (χ0) is 10.1. The van der Waals surface area contributed by atoms with Crippen LogP contribution in [0.15, 0.2) is 18.2 Å². The molecule has 0 aliphatic carbocycles. The second kappa shape index (κ2) is 3.32. The van der Waals surface area contributed by atoms with E-state index in [1.54, 1.807) is 18.2 Å². The van der Waals surface area contributed by atoms with Gasteiger partial charge in [-0.15, -0.1) is 0 Å². The molecule has 0 radical (unpaired) electrons. The molecule has 14 heavy (non-hydrogen) atoms. The summed E-state index contributed by atoms with van der Waals surface area (Å²) in [5.41, 5.74) is 7.26. The monoisotopic (exact) mass is 209 g/mol. The molecule has 0 fully saturated rings. The SMILES string of the molecule is NC(C(=O)O)c1cccc2nsnc12. The highest BCUT2D eigenvalue weighted by molar-refractivity contribution is 7.00. The number of fused-ring (bicyclic) bond motifs is 1. The molecule has 0 amide bonds. The number of carboxylic acids is 1. The first-order chi connectivity index (χ1) is 6.70. The van der Waals surface area contributed by atoms with Gasteiger partial charge in [0.2, 0.25) is 0 Å². The molecule has 1 atom stereocenters. The zero-order valence-corrected chi connectivity index (χ0v) is 7.86. The summed E-state index contributed by atoms with van der Waals surface area (Å²) in [6.45, 7) is 0. The summed E-state index contributed by atoms with van der Waals surface area (Å²) in [7, 11) is 0. The Kier molecular flexibility index (Phi) is 2.14. The number of aromatic nitrogens is 2. The molecule has 1 aromatic carbocycles. The molecule has 1 unspecified atom stereocenters. The van der Waals surface area contributed by atoms with Gasteiger partial charge in [0, 0.05) is 5.56 Å². The zero-order valence-electron chi connectivity index (χ0n) is 7.04. The minimum Gasteiger partial charge on any atom is -0.480 e. The summed E-state index contributed by atoms with van der Waals surface area (Å²) in [5.74, 6) is -1.06. The number of carbonyl (C=O) groups is 1. The van der Waals surface area contributed by atoms with E-state index < -0.39 is 12.0 Å². The van der Waals surface area contributed by atoms with Crippen molar-refractivity contribution >= 4 is 28.7 Å². The third-order valence-corrected chi connectivity index (χ3v) is 2.46. The van der Waals surface area contributed by atoms with Crippen molar-refractivity contribution < 1.29 is 9.90 Å². The van der Waals surface area contributed by atoms with Crippen LogP contribution >= 0.6 is 11.7 Å². The molecule has 2 rings (SSSR count). The fourth-order valence-electron chi connectivity index (χ4n) is 1.21. The number of benzene rings is 1. The maximum Gasteiger partial charge on any atom is 0.325 e. The van der Waals surface area contributed by atoms with Gasteiger partial charge in [0.25, 0.3) is 0 Å². The van der Waals surface area contributed by atoms with Gasteiger partial charge < -0.3 is 10.8 Å². The molecule has 0 saturated carbocycles. The van der Waals surface area contributed by atoms with Crippen LogP contribution in [0.1, 0.15) is 11.6 Å². The molecule has 0 aliphatic rings. The maximum absolute atomic E-state index is 10.7. The van der Waals surface area contributed by atoms with Gasteiger partial charge in [-0.1, -0.05) is 12.1 Å². The van der Waals surface area contributed by atoms with Crippen LogP contribution in [-0.4, -0.2) is 19.8 Å². The Bertz CT molecular complexity index is 482. The van der Waals surface area contributed by atoms with Crippen molar-refractivity contribution in [3.8, 4) is 0 Å². The third kappa shape index (κ3) is 1.34. The van der Waals surface area contributed by atoms with Crippen LogP contribution in [0.25, 0.3) is 11.0 Å². The molecular formula is C8H7N3O2S. The highest BCUT2D eigenvalue weighted by atomic mass is 32.1. The van der Waals surface area contributed by atoms with E-state index in [0.29, 0.717) is 16.6 Å². The predicted molar refractivity (Wildman–Crippen MR) is 52.0 cm³/mol. The lowest BCUT2D eigenvalue weighted by molar-refractivity contribution is -0.138. The average molecular weight is 209 g/mol. The number of rotatable bonds is 2. The van der Waals surface area contributed by atoms with Crippen LogP contribution in [0.2, 0.25) is 0 Å². The van der Waals surface area contributed by atoms with Crippen LogP contribution in [0, 0.1) is 0 Å². The third-order valence-electron chi connectivity index (χ3n) is 1.92. The summed E-state index contributed by atoms with van der Waals surface area (Å²) in [6.07, 6.45) is 0. The van der Waals surface area contributed by atoms with Gasteiger partial charge in [-0.2, -0.15) is 8.75 Å². The summed E-state index contributed by atoms with van der Waals surface area (Å²) < 4.78 is 8.01. The Labute approximate surface area is 83.5 Å². The molecule has 1 heterocycles. The van der Waals surface area contributed by atoms with Crippen LogP contribution in [0.3, 0.4) is 0 Å². The standard InChI is InChI=1S/C8H7N3O2S/c9-6(8(12)13)4-2-1-3-5-7(4)11-14-10-5/h1-3,6H,9H2,(H,12,13). The number of carboxylic acid groups (broad SMARTS) is 1. The van der Waals surface area contributed by atoms with E-state index in [2.05, 4.69) is 8.75 Å². The molecule has 3 N–H and O–H groups in total. The van der Waals surface area contributed by atoms with Gasteiger partial charge in [0.1, 0.15) is 17.1 Å². The van der Waals surface area contributed by atoms with Crippen LogP contribution in [0.4, 0.5) is 0 Å². The Morgan fingerprint density at radius 3 is 3.00 bits per heavy atom. The van der Waals surface area contributed by atoms with Crippen molar-refractivity contribution in [2.75, 3.05) is 0 Å². The molecule has 6 heteroatoms. The highest BCUT2D eigenvalue weighted by Crippen LogP contribution is 2.21. The number of nitrogens with two attached hydrogens (primary N) is 1. The summed E-state index contributed by atoms with van der Waals surface area (Å²) in [5, 5.41) is 8.76. The quantitative estimate of drug-likeness (QED) is 0.762.